The van der Waals surface area contributed by atoms with Gasteiger partial charge < -0.3 is 10.0 Å². The molecule has 1 aliphatic rings. The second-order valence-electron chi connectivity index (χ2n) is 4.97. The van der Waals surface area contributed by atoms with Gasteiger partial charge in [0.2, 0.25) is 0 Å². The number of H-pyrrole nitrogens is 1. The molecule has 0 aromatic carbocycles. The van der Waals surface area contributed by atoms with Crippen molar-refractivity contribution in [3.05, 3.63) is 17.0 Å². The van der Waals surface area contributed by atoms with Crippen LogP contribution in [0.2, 0.25) is 0 Å². The van der Waals surface area contributed by atoms with Crippen molar-refractivity contribution in [3.63, 3.8) is 0 Å². The first kappa shape index (κ1) is 13.1. The van der Waals surface area contributed by atoms with Crippen LogP contribution in [-0.2, 0) is 0 Å². The summed E-state index contributed by atoms with van der Waals surface area (Å²) in [4.78, 5) is 14.5. The van der Waals surface area contributed by atoms with E-state index in [0.29, 0.717) is 12.0 Å². The number of aliphatic hydroxyl groups is 1. The first-order valence-electron chi connectivity index (χ1n) is 6.58. The Morgan fingerprint density at radius 3 is 2.89 bits per heavy atom. The fraction of sp³-hybridized carbons (Fsp3) is 0.692. The van der Waals surface area contributed by atoms with Crippen LogP contribution in [0.15, 0.2) is 0 Å². The average molecular weight is 251 g/mol. The molecule has 18 heavy (non-hydrogen) atoms. The Bertz CT molecular complexity index is 406. The van der Waals surface area contributed by atoms with Crippen LogP contribution in [0.1, 0.15) is 47.4 Å². The zero-order valence-corrected chi connectivity index (χ0v) is 11.1. The van der Waals surface area contributed by atoms with Gasteiger partial charge in [-0.05, 0) is 39.5 Å². The third-order valence-corrected chi connectivity index (χ3v) is 3.69. The second kappa shape index (κ2) is 5.52. The topological polar surface area (TPSA) is 69.2 Å². The molecule has 1 saturated heterocycles. The molecule has 2 rings (SSSR count). The predicted molar refractivity (Wildman–Crippen MR) is 68.4 cm³/mol. The molecule has 5 heteroatoms. The van der Waals surface area contributed by atoms with Gasteiger partial charge in [0.05, 0.1) is 11.3 Å². The first-order chi connectivity index (χ1) is 8.65. The van der Waals surface area contributed by atoms with Crippen LogP contribution in [0, 0.1) is 13.8 Å². The Balaban J connectivity index is 2.21. The van der Waals surface area contributed by atoms with Gasteiger partial charge in [0, 0.05) is 24.9 Å². The summed E-state index contributed by atoms with van der Waals surface area (Å²) in [5.74, 6) is 0.0527. The summed E-state index contributed by atoms with van der Waals surface area (Å²) in [6.45, 7) is 4.64. The molecule has 1 unspecified atom stereocenters. The Hall–Kier alpha value is -1.36. The van der Waals surface area contributed by atoms with E-state index in [2.05, 4.69) is 10.2 Å². The molecule has 0 bridgehead atoms. The summed E-state index contributed by atoms with van der Waals surface area (Å²) < 4.78 is 0. The molecule has 1 atom stereocenters. The first-order valence-corrected chi connectivity index (χ1v) is 6.58. The SMILES string of the molecule is Cc1n[nH]c(C)c1C(=O)N1CCCCC1CCO. The highest BCUT2D eigenvalue weighted by Crippen LogP contribution is 2.23. The van der Waals surface area contributed by atoms with Crippen LogP contribution < -0.4 is 0 Å². The number of hydrogen-bond acceptors (Lipinski definition) is 3. The molecule has 2 N–H and O–H groups in total. The number of carbonyl (C=O) groups is 1. The molecule has 0 radical (unpaired) electrons. The van der Waals surface area contributed by atoms with Gasteiger partial charge in [-0.3, -0.25) is 9.89 Å². The molecule has 5 nitrogen and oxygen atoms in total. The van der Waals surface area contributed by atoms with Gasteiger partial charge in [0.25, 0.3) is 5.91 Å². The summed E-state index contributed by atoms with van der Waals surface area (Å²) in [7, 11) is 0. The Kier molecular flexibility index (Phi) is 4.01. The van der Waals surface area contributed by atoms with E-state index in [1.54, 1.807) is 0 Å². The van der Waals surface area contributed by atoms with E-state index in [4.69, 9.17) is 5.11 Å². The summed E-state index contributed by atoms with van der Waals surface area (Å²) in [5, 5.41) is 16.0. The lowest BCUT2D eigenvalue weighted by Gasteiger charge is -2.35. The number of likely N-dealkylation sites (tertiary alicyclic amines) is 1. The van der Waals surface area contributed by atoms with E-state index in [0.717, 1.165) is 37.2 Å². The maximum absolute atomic E-state index is 12.6. The Labute approximate surface area is 107 Å². The summed E-state index contributed by atoms with van der Waals surface area (Å²) in [6, 6.07) is 0.171. The van der Waals surface area contributed by atoms with E-state index in [1.807, 2.05) is 18.7 Å². The zero-order chi connectivity index (χ0) is 13.1. The number of nitrogens with one attached hydrogen (secondary N) is 1. The highest BCUT2D eigenvalue weighted by Gasteiger charge is 2.29. The van der Waals surface area contributed by atoms with E-state index in [9.17, 15) is 4.79 Å². The lowest BCUT2D eigenvalue weighted by Crippen LogP contribution is -2.44. The van der Waals surface area contributed by atoms with Crippen LogP contribution in [0.5, 0.6) is 0 Å². The number of hydrogen-bond donors (Lipinski definition) is 2. The predicted octanol–water partition coefficient (Wildman–Crippen LogP) is 1.40. The zero-order valence-electron chi connectivity index (χ0n) is 11.1. The lowest BCUT2D eigenvalue weighted by atomic mass is 9.98. The van der Waals surface area contributed by atoms with Crippen molar-refractivity contribution in [2.24, 2.45) is 0 Å². The van der Waals surface area contributed by atoms with Gasteiger partial charge in [-0.25, -0.2) is 0 Å². The maximum atomic E-state index is 12.6. The fourth-order valence-electron chi connectivity index (χ4n) is 2.73. The minimum Gasteiger partial charge on any atom is -0.396 e. The third-order valence-electron chi connectivity index (χ3n) is 3.69. The van der Waals surface area contributed by atoms with Gasteiger partial charge in [-0.2, -0.15) is 5.10 Å². The van der Waals surface area contributed by atoms with Crippen molar-refractivity contribution in [2.45, 2.75) is 45.6 Å². The lowest BCUT2D eigenvalue weighted by molar-refractivity contribution is 0.0573. The normalized spacial score (nSPS) is 20.2. The molecule has 0 saturated carbocycles. The maximum Gasteiger partial charge on any atom is 0.257 e. The molecule has 1 fully saturated rings. The molecule has 2 heterocycles. The van der Waals surface area contributed by atoms with Crippen molar-refractivity contribution in [1.29, 1.82) is 0 Å². The molecule has 1 aliphatic heterocycles. The standard InChI is InChI=1S/C13H21N3O2/c1-9-12(10(2)15-14-9)13(18)16-7-4-3-5-11(16)6-8-17/h11,17H,3-8H2,1-2H3,(H,14,15). The minimum atomic E-state index is 0.0527. The van der Waals surface area contributed by atoms with E-state index in [1.165, 1.54) is 0 Å². The number of aryl methyl sites for hydroxylation is 2. The van der Waals surface area contributed by atoms with Crippen LogP contribution in [0.3, 0.4) is 0 Å². The van der Waals surface area contributed by atoms with Crippen molar-refractivity contribution in [3.8, 4) is 0 Å². The van der Waals surface area contributed by atoms with Gasteiger partial charge in [-0.15, -0.1) is 0 Å². The monoisotopic (exact) mass is 251 g/mol. The van der Waals surface area contributed by atoms with Gasteiger partial charge in [0.1, 0.15) is 0 Å². The fourth-order valence-corrected chi connectivity index (χ4v) is 2.73. The molecule has 0 spiro atoms. The third kappa shape index (κ3) is 2.41. The van der Waals surface area contributed by atoms with Crippen LogP contribution >= 0.6 is 0 Å². The minimum absolute atomic E-state index is 0.0527. The van der Waals surface area contributed by atoms with Crippen molar-refractivity contribution in [1.82, 2.24) is 15.1 Å². The summed E-state index contributed by atoms with van der Waals surface area (Å²) in [6.07, 6.45) is 3.84. The van der Waals surface area contributed by atoms with Crippen molar-refractivity contribution < 1.29 is 9.90 Å². The number of rotatable bonds is 3. The van der Waals surface area contributed by atoms with Crippen molar-refractivity contribution in [2.75, 3.05) is 13.2 Å². The molecular weight excluding hydrogens is 230 g/mol. The van der Waals surface area contributed by atoms with Crippen molar-refractivity contribution >= 4 is 5.91 Å². The van der Waals surface area contributed by atoms with Gasteiger partial charge >= 0.3 is 0 Å². The molecule has 1 aromatic rings. The highest BCUT2D eigenvalue weighted by atomic mass is 16.3. The number of nitrogens with zero attached hydrogens (tertiary/aromatic N) is 2. The van der Waals surface area contributed by atoms with E-state index < -0.39 is 0 Å². The number of amides is 1. The van der Waals surface area contributed by atoms with Crippen LogP contribution in [-0.4, -0.2) is 45.3 Å². The smallest absolute Gasteiger partial charge is 0.257 e. The summed E-state index contributed by atoms with van der Waals surface area (Å²) in [5.41, 5.74) is 2.27. The molecule has 1 aromatic heterocycles. The number of aromatic nitrogens is 2. The number of aromatic amines is 1. The van der Waals surface area contributed by atoms with E-state index in [-0.39, 0.29) is 18.6 Å². The number of piperidine rings is 1. The quantitative estimate of drug-likeness (QED) is 0.853. The van der Waals surface area contributed by atoms with Gasteiger partial charge in [-0.1, -0.05) is 0 Å². The number of carbonyl (C=O) groups excluding carboxylic acids is 1. The Morgan fingerprint density at radius 1 is 1.50 bits per heavy atom. The largest absolute Gasteiger partial charge is 0.396 e. The molecular formula is C13H21N3O2. The van der Waals surface area contributed by atoms with Gasteiger partial charge in [0.15, 0.2) is 0 Å². The second-order valence-corrected chi connectivity index (χ2v) is 4.97. The highest BCUT2D eigenvalue weighted by molar-refractivity contribution is 5.96. The van der Waals surface area contributed by atoms with E-state index >= 15 is 0 Å². The van der Waals surface area contributed by atoms with Crippen LogP contribution in [0.25, 0.3) is 0 Å². The molecule has 1 amide bonds. The average Bonchev–Trinajstić information content (AvgIpc) is 2.69. The Morgan fingerprint density at radius 2 is 2.28 bits per heavy atom. The molecule has 0 aliphatic carbocycles. The van der Waals surface area contributed by atoms with Crippen LogP contribution in [0.4, 0.5) is 0 Å². The molecule has 100 valence electrons. The summed E-state index contributed by atoms with van der Waals surface area (Å²) >= 11 is 0. The number of aliphatic hydroxyl groups excluding tert-OH is 1.